The zero-order chi connectivity index (χ0) is 23.2. The summed E-state index contributed by atoms with van der Waals surface area (Å²) in [5, 5.41) is 1.39. The number of hydrogen-bond acceptors (Lipinski definition) is 4. The van der Waals surface area contributed by atoms with E-state index in [1.165, 1.54) is 6.92 Å². The molecule has 1 N–H and O–H groups in total. The predicted molar refractivity (Wildman–Crippen MR) is 97.7 cm³/mol. The van der Waals surface area contributed by atoms with Crippen LogP contribution in [0.1, 0.15) is 29.8 Å². The third kappa shape index (κ3) is 4.83. The molecular formula is C19H16F6N2O3S. The molecule has 0 radical (unpaired) electrons. The highest BCUT2D eigenvalue weighted by Crippen LogP contribution is 2.39. The SMILES string of the molecule is Cc1nc(C(F)(F)F)ccc1NC(=O)[C@H]1C[C@H](S(=O)(=O)c2cccc(C(F)(F)F)c2)C1. The average molecular weight is 466 g/mol. The number of carbonyl (C=O) groups excluding carboxylic acids is 1. The molecule has 1 aliphatic rings. The summed E-state index contributed by atoms with van der Waals surface area (Å²) in [6.45, 7) is 1.28. The van der Waals surface area contributed by atoms with Crippen molar-refractivity contribution in [1.29, 1.82) is 0 Å². The van der Waals surface area contributed by atoms with Gasteiger partial charge in [-0.05, 0) is 50.1 Å². The summed E-state index contributed by atoms with van der Waals surface area (Å²) in [4.78, 5) is 15.2. The van der Waals surface area contributed by atoms with Crippen LogP contribution in [-0.4, -0.2) is 24.6 Å². The summed E-state index contributed by atoms with van der Waals surface area (Å²) in [7, 11) is -4.07. The zero-order valence-electron chi connectivity index (χ0n) is 15.9. The van der Waals surface area contributed by atoms with Crippen LogP contribution in [0, 0.1) is 12.8 Å². The Morgan fingerprint density at radius 3 is 2.23 bits per heavy atom. The first-order valence-electron chi connectivity index (χ1n) is 8.96. The number of carbonyl (C=O) groups is 1. The molecule has 1 aromatic heterocycles. The van der Waals surface area contributed by atoms with Gasteiger partial charge in [0, 0.05) is 5.92 Å². The van der Waals surface area contributed by atoms with Crippen LogP contribution in [0.2, 0.25) is 0 Å². The Morgan fingerprint density at radius 1 is 1.03 bits per heavy atom. The number of anilines is 1. The molecule has 0 saturated heterocycles. The molecule has 0 bridgehead atoms. The number of alkyl halides is 6. The van der Waals surface area contributed by atoms with Crippen molar-refractivity contribution < 1.29 is 39.6 Å². The lowest BCUT2D eigenvalue weighted by molar-refractivity contribution is -0.141. The van der Waals surface area contributed by atoms with E-state index >= 15 is 0 Å². The normalized spacial score (nSPS) is 19.6. The first kappa shape index (κ1) is 23.0. The molecule has 1 fully saturated rings. The largest absolute Gasteiger partial charge is 0.433 e. The number of amides is 1. The topological polar surface area (TPSA) is 76.1 Å². The highest BCUT2D eigenvalue weighted by atomic mass is 32.2. The van der Waals surface area contributed by atoms with Gasteiger partial charge in [-0.15, -0.1) is 0 Å². The van der Waals surface area contributed by atoms with Crippen molar-refractivity contribution in [3.05, 3.63) is 53.3 Å². The van der Waals surface area contributed by atoms with Crippen molar-refractivity contribution in [2.45, 2.75) is 42.3 Å². The molecule has 5 nitrogen and oxygen atoms in total. The maximum absolute atomic E-state index is 12.8. The summed E-state index contributed by atoms with van der Waals surface area (Å²) in [5.74, 6) is -1.34. The molecule has 12 heteroatoms. The lowest BCUT2D eigenvalue weighted by Crippen LogP contribution is -2.42. The van der Waals surface area contributed by atoms with Crippen molar-refractivity contribution in [2.24, 2.45) is 5.92 Å². The molecule has 0 aliphatic heterocycles. The van der Waals surface area contributed by atoms with Gasteiger partial charge in [0.1, 0.15) is 5.69 Å². The Morgan fingerprint density at radius 2 is 1.68 bits per heavy atom. The Labute approximate surface area is 173 Å². The summed E-state index contributed by atoms with van der Waals surface area (Å²) < 4.78 is 102. The minimum Gasteiger partial charge on any atom is -0.324 e. The number of aromatic nitrogens is 1. The second kappa shape index (κ2) is 7.81. The van der Waals surface area contributed by atoms with Gasteiger partial charge in [0.2, 0.25) is 5.91 Å². The highest BCUT2D eigenvalue weighted by Gasteiger charge is 2.43. The molecule has 0 atom stereocenters. The number of sulfone groups is 1. The first-order valence-corrected chi connectivity index (χ1v) is 10.5. The molecule has 1 amide bonds. The zero-order valence-corrected chi connectivity index (χ0v) is 16.7. The number of halogens is 6. The van der Waals surface area contributed by atoms with E-state index < -0.39 is 55.4 Å². The van der Waals surface area contributed by atoms with Crippen molar-refractivity contribution in [1.82, 2.24) is 4.98 Å². The van der Waals surface area contributed by atoms with Crippen LogP contribution < -0.4 is 5.32 Å². The molecule has 0 unspecified atom stereocenters. The minimum atomic E-state index is -4.69. The molecule has 31 heavy (non-hydrogen) atoms. The Bertz CT molecular complexity index is 1110. The molecule has 168 valence electrons. The number of nitrogens with zero attached hydrogens (tertiary/aromatic N) is 1. The standard InChI is InChI=1S/C19H16F6N2O3S/c1-10-15(5-6-16(26-10)19(23,24)25)27-17(28)11-7-14(8-11)31(29,30)13-4-2-3-12(9-13)18(20,21)22/h2-6,9,11,14H,7-8H2,1H3,(H,27,28)/t11-,14-. The van der Waals surface area contributed by atoms with Gasteiger partial charge < -0.3 is 5.32 Å². The van der Waals surface area contributed by atoms with Gasteiger partial charge in [0.15, 0.2) is 9.84 Å². The number of hydrogen-bond donors (Lipinski definition) is 1. The Hall–Kier alpha value is -2.63. The van der Waals surface area contributed by atoms with Crippen molar-refractivity contribution in [2.75, 3.05) is 5.32 Å². The van der Waals surface area contributed by atoms with Crippen LogP contribution in [0.5, 0.6) is 0 Å². The van der Waals surface area contributed by atoms with Crippen molar-refractivity contribution >= 4 is 21.4 Å². The van der Waals surface area contributed by atoms with E-state index in [0.717, 1.165) is 24.3 Å². The molecule has 1 saturated carbocycles. The number of pyridine rings is 1. The molecule has 0 spiro atoms. The number of nitrogens with one attached hydrogen (secondary N) is 1. The lowest BCUT2D eigenvalue weighted by Gasteiger charge is -2.33. The third-order valence-electron chi connectivity index (χ3n) is 5.03. The van der Waals surface area contributed by atoms with E-state index in [0.29, 0.717) is 12.1 Å². The molecule has 1 aromatic carbocycles. The van der Waals surface area contributed by atoms with E-state index in [1.807, 2.05) is 0 Å². The molecule has 1 aliphatic carbocycles. The highest BCUT2D eigenvalue weighted by molar-refractivity contribution is 7.92. The lowest BCUT2D eigenvalue weighted by atomic mass is 9.84. The van der Waals surface area contributed by atoms with Gasteiger partial charge in [0.25, 0.3) is 0 Å². The van der Waals surface area contributed by atoms with Gasteiger partial charge >= 0.3 is 12.4 Å². The van der Waals surface area contributed by atoms with Crippen LogP contribution in [0.15, 0.2) is 41.3 Å². The van der Waals surface area contributed by atoms with Gasteiger partial charge in [-0.1, -0.05) is 6.07 Å². The minimum absolute atomic E-state index is 0.0576. The van der Waals surface area contributed by atoms with E-state index in [4.69, 9.17) is 0 Å². The summed E-state index contributed by atoms with van der Waals surface area (Å²) in [5.41, 5.74) is -2.20. The van der Waals surface area contributed by atoms with Crippen LogP contribution >= 0.6 is 0 Å². The molecule has 1 heterocycles. The van der Waals surface area contributed by atoms with E-state index in [1.54, 1.807) is 0 Å². The fourth-order valence-electron chi connectivity index (χ4n) is 3.16. The van der Waals surface area contributed by atoms with Crippen LogP contribution in [0.3, 0.4) is 0 Å². The third-order valence-corrected chi connectivity index (χ3v) is 7.20. The van der Waals surface area contributed by atoms with E-state index in [9.17, 15) is 39.6 Å². The number of aryl methyl sites for hydroxylation is 1. The molecule has 3 rings (SSSR count). The fourth-order valence-corrected chi connectivity index (χ4v) is 5.08. The Kier molecular flexibility index (Phi) is 5.80. The van der Waals surface area contributed by atoms with Crippen LogP contribution in [-0.2, 0) is 27.0 Å². The van der Waals surface area contributed by atoms with Crippen molar-refractivity contribution in [3.8, 4) is 0 Å². The van der Waals surface area contributed by atoms with Gasteiger partial charge in [-0.25, -0.2) is 13.4 Å². The maximum atomic E-state index is 12.8. The maximum Gasteiger partial charge on any atom is 0.433 e. The fraction of sp³-hybridized carbons (Fsp3) is 0.368. The smallest absolute Gasteiger partial charge is 0.324 e. The number of benzene rings is 1. The number of rotatable bonds is 4. The second-order valence-corrected chi connectivity index (χ2v) is 9.41. The first-order chi connectivity index (χ1) is 14.2. The van der Waals surface area contributed by atoms with Crippen LogP contribution in [0.25, 0.3) is 0 Å². The van der Waals surface area contributed by atoms with E-state index in [-0.39, 0.29) is 24.2 Å². The molecular weight excluding hydrogens is 450 g/mol. The molecule has 2 aromatic rings. The summed E-state index contributed by atoms with van der Waals surface area (Å²) in [6.07, 6.45) is -9.55. The quantitative estimate of drug-likeness (QED) is 0.668. The Balaban J connectivity index is 1.66. The second-order valence-electron chi connectivity index (χ2n) is 7.18. The van der Waals surface area contributed by atoms with E-state index in [2.05, 4.69) is 10.3 Å². The predicted octanol–water partition coefficient (Wildman–Crippen LogP) is 4.62. The van der Waals surface area contributed by atoms with Gasteiger partial charge in [0.05, 0.1) is 27.1 Å². The summed E-state index contributed by atoms with van der Waals surface area (Å²) >= 11 is 0. The van der Waals surface area contributed by atoms with Crippen molar-refractivity contribution in [3.63, 3.8) is 0 Å². The monoisotopic (exact) mass is 466 g/mol. The summed E-state index contributed by atoms with van der Waals surface area (Å²) in [6, 6.07) is 5.15. The average Bonchev–Trinajstić information content (AvgIpc) is 2.60. The van der Waals surface area contributed by atoms with Gasteiger partial charge in [-0.2, -0.15) is 26.3 Å². The van der Waals surface area contributed by atoms with Crippen LogP contribution in [0.4, 0.5) is 32.0 Å². The van der Waals surface area contributed by atoms with Gasteiger partial charge in [-0.3, -0.25) is 4.79 Å².